The minimum atomic E-state index is 0.744. The minimum absolute atomic E-state index is 0.744. The summed E-state index contributed by atoms with van der Waals surface area (Å²) in [6, 6.07) is 0.744. The predicted molar refractivity (Wildman–Crippen MR) is 73.4 cm³/mol. The van der Waals surface area contributed by atoms with E-state index in [0.717, 1.165) is 25.1 Å². The van der Waals surface area contributed by atoms with Crippen molar-refractivity contribution in [3.63, 3.8) is 0 Å². The molecule has 0 saturated heterocycles. The molecule has 102 valence electrons. The van der Waals surface area contributed by atoms with E-state index in [1.807, 2.05) is 0 Å². The average Bonchev–Trinajstić information content (AvgIpc) is 2.35. The summed E-state index contributed by atoms with van der Waals surface area (Å²) in [6.45, 7) is 6.52. The summed E-state index contributed by atoms with van der Waals surface area (Å²) in [4.78, 5) is 2.42. The lowest BCUT2D eigenvalue weighted by atomic mass is 9.84. The lowest BCUT2D eigenvalue weighted by Crippen LogP contribution is -2.44. The second-order valence-corrected chi connectivity index (χ2v) is 5.36. The van der Waals surface area contributed by atoms with Crippen LogP contribution in [0.2, 0.25) is 0 Å². The molecule has 1 fully saturated rings. The van der Waals surface area contributed by atoms with E-state index in [2.05, 4.69) is 24.2 Å². The Bertz CT molecular complexity index is 187. The highest BCUT2D eigenvalue weighted by Crippen LogP contribution is 2.25. The van der Waals surface area contributed by atoms with E-state index in [1.165, 1.54) is 45.2 Å². The molecular weight excluding hydrogens is 212 g/mol. The Morgan fingerprint density at radius 3 is 2.76 bits per heavy atom. The number of rotatable bonds is 8. The maximum absolute atomic E-state index is 5.14. The van der Waals surface area contributed by atoms with Gasteiger partial charge >= 0.3 is 0 Å². The number of nitrogens with one attached hydrogen (secondary N) is 1. The van der Waals surface area contributed by atoms with Gasteiger partial charge in [0.2, 0.25) is 0 Å². The van der Waals surface area contributed by atoms with E-state index in [-0.39, 0.29) is 0 Å². The number of nitrogens with zero attached hydrogens (tertiary/aromatic N) is 1. The molecule has 0 radical (unpaired) electrons. The highest BCUT2D eigenvalue weighted by molar-refractivity contribution is 4.82. The maximum Gasteiger partial charge on any atom is 0.0589 e. The van der Waals surface area contributed by atoms with Gasteiger partial charge in [-0.1, -0.05) is 19.8 Å². The summed E-state index contributed by atoms with van der Waals surface area (Å²) in [6.07, 6.45) is 6.80. The van der Waals surface area contributed by atoms with E-state index in [9.17, 15) is 0 Å². The van der Waals surface area contributed by atoms with Crippen molar-refractivity contribution in [2.45, 2.75) is 45.1 Å². The quantitative estimate of drug-likeness (QED) is 0.705. The van der Waals surface area contributed by atoms with Gasteiger partial charge in [-0.25, -0.2) is 0 Å². The molecule has 0 aromatic rings. The Labute approximate surface area is 107 Å². The lowest BCUT2D eigenvalue weighted by molar-refractivity contribution is 0.135. The SMILES string of the molecule is CCCNC1CCCCC1CN(C)CCOC. The molecule has 0 bridgehead atoms. The van der Waals surface area contributed by atoms with Crippen molar-refractivity contribution < 1.29 is 4.74 Å². The highest BCUT2D eigenvalue weighted by atomic mass is 16.5. The van der Waals surface area contributed by atoms with Crippen molar-refractivity contribution in [2.75, 3.05) is 40.4 Å². The molecule has 17 heavy (non-hydrogen) atoms. The first-order valence-electron chi connectivity index (χ1n) is 7.18. The molecule has 0 amide bonds. The Morgan fingerprint density at radius 1 is 1.29 bits per heavy atom. The van der Waals surface area contributed by atoms with Crippen LogP contribution in [0.1, 0.15) is 39.0 Å². The molecule has 1 N–H and O–H groups in total. The molecule has 1 rings (SSSR count). The molecule has 0 aliphatic heterocycles. The second kappa shape index (κ2) is 8.90. The standard InChI is InChI=1S/C14H30N2O/c1-4-9-15-14-8-6-5-7-13(14)12-16(2)10-11-17-3/h13-15H,4-12H2,1-3H3. The van der Waals surface area contributed by atoms with Gasteiger partial charge < -0.3 is 15.0 Å². The minimum Gasteiger partial charge on any atom is -0.383 e. The van der Waals surface area contributed by atoms with Gasteiger partial charge in [0.05, 0.1) is 6.61 Å². The van der Waals surface area contributed by atoms with Crippen LogP contribution in [-0.2, 0) is 4.74 Å². The van der Waals surface area contributed by atoms with Crippen LogP contribution in [-0.4, -0.2) is 51.3 Å². The van der Waals surface area contributed by atoms with Crippen molar-refractivity contribution in [1.82, 2.24) is 10.2 Å². The third kappa shape index (κ3) is 5.84. The number of methoxy groups -OCH3 is 1. The van der Waals surface area contributed by atoms with Crippen molar-refractivity contribution in [2.24, 2.45) is 5.92 Å². The normalized spacial score (nSPS) is 25.4. The molecule has 3 heteroatoms. The molecule has 2 atom stereocenters. The van der Waals surface area contributed by atoms with Crippen LogP contribution < -0.4 is 5.32 Å². The molecular formula is C14H30N2O. The Balaban J connectivity index is 2.30. The van der Waals surface area contributed by atoms with Gasteiger partial charge in [0.1, 0.15) is 0 Å². The lowest BCUT2D eigenvalue weighted by Gasteiger charge is -2.35. The molecule has 0 aromatic heterocycles. The van der Waals surface area contributed by atoms with Crippen molar-refractivity contribution in [3.8, 4) is 0 Å². The summed E-state index contributed by atoms with van der Waals surface area (Å²) in [5, 5.41) is 3.72. The van der Waals surface area contributed by atoms with Crippen LogP contribution in [0.3, 0.4) is 0 Å². The van der Waals surface area contributed by atoms with Crippen LogP contribution in [0.15, 0.2) is 0 Å². The first-order valence-corrected chi connectivity index (χ1v) is 7.18. The summed E-state index contributed by atoms with van der Waals surface area (Å²) in [5.41, 5.74) is 0. The molecule has 0 spiro atoms. The fraction of sp³-hybridized carbons (Fsp3) is 1.00. The zero-order valence-electron chi connectivity index (χ0n) is 11.9. The number of likely N-dealkylation sites (N-methyl/N-ethyl adjacent to an activating group) is 1. The van der Waals surface area contributed by atoms with Gasteiger partial charge in [0.25, 0.3) is 0 Å². The van der Waals surface area contributed by atoms with Crippen molar-refractivity contribution in [3.05, 3.63) is 0 Å². The first-order chi connectivity index (χ1) is 8.27. The molecule has 0 aromatic carbocycles. The fourth-order valence-electron chi connectivity index (χ4n) is 2.76. The molecule has 3 nitrogen and oxygen atoms in total. The summed E-state index contributed by atoms with van der Waals surface area (Å²) in [7, 11) is 3.99. The number of ether oxygens (including phenoxy) is 1. The zero-order chi connectivity index (χ0) is 12.5. The second-order valence-electron chi connectivity index (χ2n) is 5.36. The van der Waals surface area contributed by atoms with Crippen LogP contribution in [0.25, 0.3) is 0 Å². The molecule has 1 aliphatic rings. The predicted octanol–water partition coefficient (Wildman–Crippen LogP) is 2.12. The molecule has 2 unspecified atom stereocenters. The van der Waals surface area contributed by atoms with Gasteiger partial charge in [-0.2, -0.15) is 0 Å². The number of hydrogen-bond donors (Lipinski definition) is 1. The summed E-state index contributed by atoms with van der Waals surface area (Å²) in [5.74, 6) is 0.831. The monoisotopic (exact) mass is 242 g/mol. The Kier molecular flexibility index (Phi) is 7.82. The van der Waals surface area contributed by atoms with Gasteiger partial charge in [-0.05, 0) is 38.8 Å². The number of hydrogen-bond acceptors (Lipinski definition) is 3. The van der Waals surface area contributed by atoms with Crippen molar-refractivity contribution in [1.29, 1.82) is 0 Å². The van der Waals surface area contributed by atoms with E-state index >= 15 is 0 Å². The van der Waals surface area contributed by atoms with E-state index in [1.54, 1.807) is 7.11 Å². The third-order valence-corrected chi connectivity index (χ3v) is 3.79. The molecule has 1 saturated carbocycles. The smallest absolute Gasteiger partial charge is 0.0589 e. The zero-order valence-corrected chi connectivity index (χ0v) is 11.9. The van der Waals surface area contributed by atoms with Gasteiger partial charge in [0.15, 0.2) is 0 Å². The van der Waals surface area contributed by atoms with Gasteiger partial charge in [-0.15, -0.1) is 0 Å². The maximum atomic E-state index is 5.14. The molecule has 1 aliphatic carbocycles. The fourth-order valence-corrected chi connectivity index (χ4v) is 2.76. The van der Waals surface area contributed by atoms with Gasteiger partial charge in [-0.3, -0.25) is 0 Å². The van der Waals surface area contributed by atoms with Gasteiger partial charge in [0, 0.05) is 26.2 Å². The Hall–Kier alpha value is -0.120. The van der Waals surface area contributed by atoms with Crippen LogP contribution >= 0.6 is 0 Å². The highest BCUT2D eigenvalue weighted by Gasteiger charge is 2.25. The van der Waals surface area contributed by atoms with Crippen LogP contribution in [0, 0.1) is 5.92 Å². The molecule has 0 heterocycles. The largest absolute Gasteiger partial charge is 0.383 e. The average molecular weight is 242 g/mol. The Morgan fingerprint density at radius 2 is 2.06 bits per heavy atom. The first kappa shape index (κ1) is 14.9. The van der Waals surface area contributed by atoms with E-state index < -0.39 is 0 Å². The topological polar surface area (TPSA) is 24.5 Å². The summed E-state index contributed by atoms with van der Waals surface area (Å²) < 4.78 is 5.14. The van der Waals surface area contributed by atoms with E-state index in [0.29, 0.717) is 0 Å². The van der Waals surface area contributed by atoms with Crippen molar-refractivity contribution >= 4 is 0 Å². The third-order valence-electron chi connectivity index (χ3n) is 3.79. The summed E-state index contributed by atoms with van der Waals surface area (Å²) >= 11 is 0. The van der Waals surface area contributed by atoms with Crippen LogP contribution in [0.4, 0.5) is 0 Å². The van der Waals surface area contributed by atoms with E-state index in [4.69, 9.17) is 4.74 Å². The van der Waals surface area contributed by atoms with Crippen LogP contribution in [0.5, 0.6) is 0 Å².